The quantitative estimate of drug-likeness (QED) is 0.591. The van der Waals surface area contributed by atoms with Crippen LogP contribution in [-0.4, -0.2) is 49.8 Å². The Morgan fingerprint density at radius 1 is 0.967 bits per heavy atom. The maximum atomic E-state index is 13.1. The Morgan fingerprint density at radius 3 is 1.97 bits per heavy atom. The van der Waals surface area contributed by atoms with Gasteiger partial charge in [-0.05, 0) is 41.8 Å². The molecule has 1 atom stereocenters. The molecule has 0 saturated carbocycles. The van der Waals surface area contributed by atoms with Crippen molar-refractivity contribution in [2.75, 3.05) is 27.0 Å². The summed E-state index contributed by atoms with van der Waals surface area (Å²) in [6.07, 6.45) is 0.546. The highest BCUT2D eigenvalue weighted by atomic mass is 32.2. The molecular weight excluding hydrogens is 400 g/mol. The predicted octanol–water partition coefficient (Wildman–Crippen LogP) is 3.49. The number of methoxy groups -OCH3 is 2. The molecular formula is C23H30N2O4S. The van der Waals surface area contributed by atoms with Crippen LogP contribution < -0.4 is 14.8 Å². The Kier molecular flexibility index (Phi) is 9.54. The van der Waals surface area contributed by atoms with Crippen LogP contribution in [0, 0.1) is 0 Å². The zero-order chi connectivity index (χ0) is 21.9. The number of nitrogens with one attached hydrogen (secondary N) is 1. The molecule has 0 heterocycles. The van der Waals surface area contributed by atoms with E-state index >= 15 is 0 Å². The number of rotatable bonds is 11. The summed E-state index contributed by atoms with van der Waals surface area (Å²) in [5, 5.41) is 2.68. The van der Waals surface area contributed by atoms with Crippen LogP contribution in [0.2, 0.25) is 0 Å². The average molecular weight is 431 g/mol. The molecule has 7 heteroatoms. The van der Waals surface area contributed by atoms with Crippen LogP contribution in [0.4, 0.5) is 0 Å². The molecule has 0 aromatic heterocycles. The predicted molar refractivity (Wildman–Crippen MR) is 121 cm³/mol. The Morgan fingerprint density at radius 2 is 1.50 bits per heavy atom. The van der Waals surface area contributed by atoms with Crippen molar-refractivity contribution in [1.29, 1.82) is 0 Å². The van der Waals surface area contributed by atoms with E-state index in [4.69, 9.17) is 9.47 Å². The van der Waals surface area contributed by atoms with Gasteiger partial charge in [-0.25, -0.2) is 0 Å². The lowest BCUT2D eigenvalue weighted by Gasteiger charge is -2.30. The molecule has 1 N–H and O–H groups in total. The maximum Gasteiger partial charge on any atom is 0.242 e. The number of amides is 2. The third kappa shape index (κ3) is 6.69. The van der Waals surface area contributed by atoms with Crippen molar-refractivity contribution in [3.05, 3.63) is 59.7 Å². The van der Waals surface area contributed by atoms with E-state index in [0.717, 1.165) is 22.6 Å². The minimum atomic E-state index is -0.508. The van der Waals surface area contributed by atoms with Crippen molar-refractivity contribution in [2.24, 2.45) is 0 Å². The summed E-state index contributed by atoms with van der Waals surface area (Å²) < 4.78 is 10.4. The van der Waals surface area contributed by atoms with Crippen molar-refractivity contribution in [2.45, 2.75) is 31.7 Å². The summed E-state index contributed by atoms with van der Waals surface area (Å²) in [5.41, 5.74) is 2.07. The normalized spacial score (nSPS) is 11.5. The largest absolute Gasteiger partial charge is 0.497 e. The first-order valence-corrected chi connectivity index (χ1v) is 11.0. The lowest BCUT2D eigenvalue weighted by Crippen LogP contribution is -2.48. The van der Waals surface area contributed by atoms with Crippen molar-refractivity contribution in [3.8, 4) is 11.5 Å². The van der Waals surface area contributed by atoms with Gasteiger partial charge in [-0.15, -0.1) is 11.8 Å². The van der Waals surface area contributed by atoms with E-state index in [0.29, 0.717) is 24.5 Å². The molecule has 1 unspecified atom stereocenters. The van der Waals surface area contributed by atoms with E-state index in [1.165, 1.54) is 11.8 Å². The number of ether oxygens (including phenoxy) is 2. The number of nitrogens with zero attached hydrogens (tertiary/aromatic N) is 1. The molecule has 30 heavy (non-hydrogen) atoms. The molecule has 2 aromatic carbocycles. The van der Waals surface area contributed by atoms with Gasteiger partial charge in [0.2, 0.25) is 11.8 Å². The van der Waals surface area contributed by atoms with Gasteiger partial charge in [0.15, 0.2) is 0 Å². The number of hydrogen-bond donors (Lipinski definition) is 1. The molecule has 0 bridgehead atoms. The number of carbonyl (C=O) groups is 2. The Labute approximate surface area is 182 Å². The summed E-state index contributed by atoms with van der Waals surface area (Å²) in [6, 6.07) is 14.8. The van der Waals surface area contributed by atoms with Gasteiger partial charge < -0.3 is 19.7 Å². The third-order valence-electron chi connectivity index (χ3n) is 4.80. The first kappa shape index (κ1) is 23.6. The fourth-order valence-corrected chi connectivity index (χ4v) is 3.95. The maximum absolute atomic E-state index is 13.1. The van der Waals surface area contributed by atoms with Gasteiger partial charge in [0, 0.05) is 19.3 Å². The van der Waals surface area contributed by atoms with Crippen LogP contribution in [0.15, 0.2) is 48.5 Å². The Balaban J connectivity index is 2.06. The second-order valence-electron chi connectivity index (χ2n) is 6.75. The summed E-state index contributed by atoms with van der Waals surface area (Å²) in [5.74, 6) is 2.37. The van der Waals surface area contributed by atoms with Gasteiger partial charge in [0.05, 0.1) is 20.0 Å². The van der Waals surface area contributed by atoms with E-state index in [1.54, 1.807) is 26.2 Å². The molecule has 0 saturated heterocycles. The van der Waals surface area contributed by atoms with Gasteiger partial charge in [0.25, 0.3) is 0 Å². The topological polar surface area (TPSA) is 67.9 Å². The summed E-state index contributed by atoms with van der Waals surface area (Å²) in [7, 11) is 4.85. The van der Waals surface area contributed by atoms with E-state index in [-0.39, 0.29) is 11.8 Å². The van der Waals surface area contributed by atoms with Crippen molar-refractivity contribution < 1.29 is 19.1 Å². The van der Waals surface area contributed by atoms with Gasteiger partial charge in [-0.2, -0.15) is 0 Å². The number of thioether (sulfide) groups is 1. The van der Waals surface area contributed by atoms with Crippen molar-refractivity contribution >= 4 is 23.6 Å². The second-order valence-corrected chi connectivity index (χ2v) is 7.73. The van der Waals surface area contributed by atoms with Crippen molar-refractivity contribution in [3.63, 3.8) is 0 Å². The van der Waals surface area contributed by atoms with Crippen LogP contribution in [0.3, 0.4) is 0 Å². The second kappa shape index (κ2) is 12.1. The molecule has 0 aliphatic rings. The molecule has 2 amide bonds. The fraction of sp³-hybridized carbons (Fsp3) is 0.391. The number of likely N-dealkylation sites (N-methyl/N-ethyl adjacent to an activating group) is 1. The van der Waals surface area contributed by atoms with Crippen LogP contribution in [0.25, 0.3) is 0 Å². The SMILES string of the molecule is CCC(C(=O)NC)N(Cc1ccc(OC)cc1)C(=O)CSCc1ccc(OC)cc1. The molecule has 0 fully saturated rings. The summed E-state index contributed by atoms with van der Waals surface area (Å²) in [6.45, 7) is 2.29. The number of benzene rings is 2. The smallest absolute Gasteiger partial charge is 0.242 e. The molecule has 6 nitrogen and oxygen atoms in total. The van der Waals surface area contributed by atoms with Gasteiger partial charge in [-0.1, -0.05) is 31.2 Å². The molecule has 0 spiro atoms. The Hall–Kier alpha value is -2.67. The molecule has 0 aliphatic heterocycles. The molecule has 2 aromatic rings. The zero-order valence-electron chi connectivity index (χ0n) is 18.0. The van der Waals surface area contributed by atoms with E-state index < -0.39 is 6.04 Å². The minimum Gasteiger partial charge on any atom is -0.497 e. The first-order chi connectivity index (χ1) is 14.5. The average Bonchev–Trinajstić information content (AvgIpc) is 2.79. The monoisotopic (exact) mass is 430 g/mol. The molecule has 0 aliphatic carbocycles. The highest BCUT2D eigenvalue weighted by molar-refractivity contribution is 7.99. The van der Waals surface area contributed by atoms with Gasteiger partial charge >= 0.3 is 0 Å². The van der Waals surface area contributed by atoms with Gasteiger partial charge in [0.1, 0.15) is 17.5 Å². The van der Waals surface area contributed by atoms with Crippen molar-refractivity contribution in [1.82, 2.24) is 10.2 Å². The van der Waals surface area contributed by atoms with E-state index in [9.17, 15) is 9.59 Å². The zero-order valence-corrected chi connectivity index (χ0v) is 18.8. The molecule has 162 valence electrons. The number of hydrogen-bond acceptors (Lipinski definition) is 5. The lowest BCUT2D eigenvalue weighted by molar-refractivity contribution is -0.139. The molecule has 0 radical (unpaired) electrons. The first-order valence-electron chi connectivity index (χ1n) is 9.87. The van der Waals surface area contributed by atoms with Crippen LogP contribution >= 0.6 is 11.8 Å². The third-order valence-corrected chi connectivity index (χ3v) is 5.79. The van der Waals surface area contributed by atoms with Crippen LogP contribution in [0.1, 0.15) is 24.5 Å². The fourth-order valence-electron chi connectivity index (χ4n) is 3.07. The van der Waals surface area contributed by atoms with E-state index in [2.05, 4.69) is 5.32 Å². The minimum absolute atomic E-state index is 0.0558. The van der Waals surface area contributed by atoms with Gasteiger partial charge in [-0.3, -0.25) is 9.59 Å². The summed E-state index contributed by atoms with van der Waals surface area (Å²) in [4.78, 5) is 27.1. The number of carbonyl (C=O) groups excluding carboxylic acids is 2. The Bertz CT molecular complexity index is 809. The highest BCUT2D eigenvalue weighted by Crippen LogP contribution is 2.20. The van der Waals surface area contributed by atoms with Crippen LogP contribution in [-0.2, 0) is 21.9 Å². The van der Waals surface area contributed by atoms with Crippen LogP contribution in [0.5, 0.6) is 11.5 Å². The summed E-state index contributed by atoms with van der Waals surface area (Å²) >= 11 is 1.54. The lowest BCUT2D eigenvalue weighted by atomic mass is 10.1. The van der Waals surface area contributed by atoms with E-state index in [1.807, 2.05) is 55.5 Å². The molecule has 2 rings (SSSR count). The highest BCUT2D eigenvalue weighted by Gasteiger charge is 2.27. The standard InChI is InChI=1S/C23H30N2O4S/c1-5-21(23(27)24-2)25(14-17-6-10-19(28-3)11-7-17)22(26)16-30-15-18-8-12-20(29-4)13-9-18/h6-13,21H,5,14-16H2,1-4H3,(H,24,27).